The molecule has 4 rings (SSSR count). The van der Waals surface area contributed by atoms with Crippen molar-refractivity contribution in [1.82, 2.24) is 0 Å². The van der Waals surface area contributed by atoms with Crippen molar-refractivity contribution in [2.24, 2.45) is 0 Å². The summed E-state index contributed by atoms with van der Waals surface area (Å²) in [6.07, 6.45) is -1.25. The summed E-state index contributed by atoms with van der Waals surface area (Å²) in [5.41, 5.74) is 6.11. The first-order chi connectivity index (χ1) is 24.0. The van der Waals surface area contributed by atoms with E-state index in [2.05, 4.69) is 180 Å². The summed E-state index contributed by atoms with van der Waals surface area (Å²) in [7, 11) is -7.32. The van der Waals surface area contributed by atoms with Crippen LogP contribution in [-0.4, -0.2) is 50.6 Å². The Balaban J connectivity index is 0.00000102. The average Bonchev–Trinajstić information content (AvgIpc) is 3.15. The fraction of sp³-hybridized carbons (Fsp3) is 0.511. The van der Waals surface area contributed by atoms with Gasteiger partial charge in [0.2, 0.25) is 0 Å². The second-order valence-electron chi connectivity index (χ2n) is 18.6. The van der Waals surface area contributed by atoms with E-state index in [9.17, 15) is 15.3 Å². The van der Waals surface area contributed by atoms with Crippen molar-refractivity contribution in [3.63, 3.8) is 0 Å². The molecule has 0 N–H and O–H groups in total. The molecule has 8 heteroatoms. The van der Waals surface area contributed by atoms with Crippen LogP contribution in [0.3, 0.4) is 0 Å². The first kappa shape index (κ1) is 49.6. The molecular weight excluding hydrogens is 749 g/mol. The van der Waals surface area contributed by atoms with Crippen molar-refractivity contribution >= 4 is 63.4 Å². The molecule has 0 aliphatic heterocycles. The predicted molar refractivity (Wildman–Crippen MR) is 238 cm³/mol. The molecule has 0 bridgehead atoms. The second kappa shape index (κ2) is 19.6. The van der Waals surface area contributed by atoms with Gasteiger partial charge in [0.25, 0.3) is 0 Å². The molecule has 0 amide bonds. The Morgan fingerprint density at radius 3 is 0.811 bits per heavy atom. The summed E-state index contributed by atoms with van der Waals surface area (Å²) in [4.78, 5) is 0. The third-order valence-electron chi connectivity index (χ3n) is 9.86. The number of allylic oxidation sites excluding steroid dienone is 4. The second-order valence-corrected chi connectivity index (χ2v) is 39.8. The van der Waals surface area contributed by atoms with E-state index in [4.69, 9.17) is 0 Å². The van der Waals surface area contributed by atoms with Gasteiger partial charge < -0.3 is 15.3 Å². The normalized spacial score (nSPS) is 14.8. The third kappa shape index (κ3) is 12.5. The fourth-order valence-corrected chi connectivity index (χ4v) is 19.3. The van der Waals surface area contributed by atoms with Gasteiger partial charge in [-0.1, -0.05) is 41.5 Å². The van der Waals surface area contributed by atoms with Gasteiger partial charge in [-0.25, -0.2) is 0 Å². The van der Waals surface area contributed by atoms with Crippen LogP contribution >= 0.6 is 0 Å². The zero-order chi connectivity index (χ0) is 41.5. The molecule has 0 unspecified atom stereocenters. The van der Waals surface area contributed by atoms with Crippen molar-refractivity contribution in [2.45, 2.75) is 150 Å². The first-order valence-electron chi connectivity index (χ1n) is 19.4. The number of benzene rings is 3. The minimum absolute atomic E-state index is 0.0741. The Morgan fingerprint density at radius 1 is 0.434 bits per heavy atom. The van der Waals surface area contributed by atoms with E-state index in [0.29, 0.717) is 0 Å². The van der Waals surface area contributed by atoms with Gasteiger partial charge in [0.05, 0.1) is 0 Å². The molecule has 0 heterocycles. The number of hydrogen-bond donors (Lipinski definition) is 0. The molecule has 3 aromatic rings. The van der Waals surface area contributed by atoms with Gasteiger partial charge in [0, 0.05) is 0 Å². The summed E-state index contributed by atoms with van der Waals surface area (Å²) >= 11 is 2.62. The molecule has 1 aliphatic carbocycles. The van der Waals surface area contributed by atoms with E-state index in [1.165, 1.54) is 11.1 Å². The zero-order valence-electron chi connectivity index (χ0n) is 36.9. The maximum absolute atomic E-state index is 9.53. The SMILES string of the molecule is CC(C)[O-].CC(C)[O-].CC(C)[O-].CC1=C(C)[C]([Ti+3])([Si](c2cccc([Si](C)(C)C)c2)(c2cccc([Si](C)(C)C)c2)c2cccc([Si](C)(C)C)c2)C(C)=C1C. The molecule has 0 saturated heterocycles. The molecule has 0 fully saturated rings. The van der Waals surface area contributed by atoms with Crippen LogP contribution in [0.4, 0.5) is 0 Å². The molecule has 0 saturated carbocycles. The molecule has 0 radical (unpaired) electrons. The van der Waals surface area contributed by atoms with Gasteiger partial charge in [-0.05, 0) is 0 Å². The Bertz CT molecular complexity index is 1520. The van der Waals surface area contributed by atoms with E-state index in [0.717, 1.165) is 0 Å². The molecule has 0 spiro atoms. The van der Waals surface area contributed by atoms with Crippen LogP contribution in [0.25, 0.3) is 0 Å². The summed E-state index contributed by atoms with van der Waals surface area (Å²) in [5.74, 6) is 0. The Hall–Kier alpha value is -1.40. The van der Waals surface area contributed by atoms with Crippen molar-refractivity contribution in [3.8, 4) is 0 Å². The van der Waals surface area contributed by atoms with E-state index in [1.54, 1.807) is 83.8 Å². The van der Waals surface area contributed by atoms with E-state index in [1.807, 2.05) is 0 Å². The minimum atomic E-state index is -2.70. The Labute approximate surface area is 341 Å². The molecule has 290 valence electrons. The van der Waals surface area contributed by atoms with Gasteiger partial charge >= 0.3 is 269 Å². The molecule has 1 aliphatic rings. The molecule has 53 heavy (non-hydrogen) atoms. The van der Waals surface area contributed by atoms with Crippen LogP contribution in [0.5, 0.6) is 0 Å². The Kier molecular flexibility index (Phi) is 18.4. The molecule has 0 aromatic heterocycles. The number of rotatable bonds is 7. The van der Waals surface area contributed by atoms with E-state index < -0.39 is 50.6 Å². The zero-order valence-corrected chi connectivity index (χ0v) is 42.4. The quantitative estimate of drug-likeness (QED) is 0.218. The predicted octanol–water partition coefficient (Wildman–Crippen LogP) is 5.99. The molecule has 3 nitrogen and oxygen atoms in total. The molecular formula is C45H72O3Si4Ti. The number of hydrogen-bond acceptors (Lipinski definition) is 3. The van der Waals surface area contributed by atoms with Crippen LogP contribution in [0.15, 0.2) is 95.1 Å². The van der Waals surface area contributed by atoms with Crippen molar-refractivity contribution in [1.29, 1.82) is 0 Å². The monoisotopic (exact) mass is 820 g/mol. The van der Waals surface area contributed by atoms with Crippen LogP contribution < -0.4 is 46.4 Å². The summed E-state index contributed by atoms with van der Waals surface area (Å²) in [6, 6.07) is 29.9. The Morgan fingerprint density at radius 2 is 0.623 bits per heavy atom. The van der Waals surface area contributed by atoms with Crippen LogP contribution in [-0.2, 0) is 20.4 Å². The van der Waals surface area contributed by atoms with E-state index in [-0.39, 0.29) is 3.34 Å². The summed E-state index contributed by atoms with van der Waals surface area (Å²) in [5, 5.41) is 38.0. The molecule has 3 aromatic carbocycles. The summed E-state index contributed by atoms with van der Waals surface area (Å²) in [6.45, 7) is 41.8. The average molecular weight is 821 g/mol. The van der Waals surface area contributed by atoms with Crippen LogP contribution in [0.1, 0.15) is 69.2 Å². The third-order valence-corrected chi connectivity index (χ3v) is 24.3. The maximum atomic E-state index is 9.53. The topological polar surface area (TPSA) is 69.2 Å². The van der Waals surface area contributed by atoms with Crippen molar-refractivity contribution < 1.29 is 35.8 Å². The molecule has 0 atom stereocenters. The van der Waals surface area contributed by atoms with Gasteiger partial charge in [0.1, 0.15) is 0 Å². The fourth-order valence-electron chi connectivity index (χ4n) is 6.78. The van der Waals surface area contributed by atoms with Gasteiger partial charge in [-0.2, -0.15) is 0 Å². The van der Waals surface area contributed by atoms with Crippen molar-refractivity contribution in [3.05, 3.63) is 95.1 Å². The van der Waals surface area contributed by atoms with Gasteiger partial charge in [0.15, 0.2) is 0 Å². The van der Waals surface area contributed by atoms with Crippen molar-refractivity contribution in [2.75, 3.05) is 0 Å². The summed E-state index contributed by atoms with van der Waals surface area (Å²) < 4.78 is -0.0741. The van der Waals surface area contributed by atoms with Gasteiger partial charge in [-0.15, -0.1) is 18.3 Å². The van der Waals surface area contributed by atoms with Crippen LogP contribution in [0.2, 0.25) is 62.3 Å². The standard InChI is InChI=1S/C36H51Si4.3C3H7O.Ti/c1-26-27(2)29(4)36(28(26)3)40(33-20-14-17-30(23-33)37(5,6)7,34-21-15-18-31(24-34)38(8,9)10)35-22-16-19-32(25-35)39(11,12)13;3*1-3(2)4;/h14-25H,1-13H3;3*3H,1-2H3;/q;3*-1;+3. The van der Waals surface area contributed by atoms with E-state index >= 15 is 0 Å². The first-order valence-corrected chi connectivity index (χ1v) is 32.7. The van der Waals surface area contributed by atoms with Gasteiger partial charge in [-0.3, -0.25) is 0 Å². The van der Waals surface area contributed by atoms with Crippen LogP contribution in [0, 0.1) is 0 Å².